The molecule has 0 heterocycles. The summed E-state index contributed by atoms with van der Waals surface area (Å²) in [4.78, 5) is 0. The lowest BCUT2D eigenvalue weighted by atomic mass is 10.1. The maximum absolute atomic E-state index is 5.35. The molecule has 0 aliphatic heterocycles. The largest absolute Gasteiger partial charge is 0.401 e. The van der Waals surface area contributed by atoms with Crippen LogP contribution in [0.3, 0.4) is 0 Å². The quantitative estimate of drug-likeness (QED) is 0.561. The fourth-order valence-corrected chi connectivity index (χ4v) is 1.19. The van der Waals surface area contributed by atoms with Crippen molar-refractivity contribution in [3.05, 3.63) is 12.3 Å². The molecule has 2 heteroatoms. The number of hydrogen-bond acceptors (Lipinski definition) is 2. The third-order valence-corrected chi connectivity index (χ3v) is 1.93. The first kappa shape index (κ1) is 12.5. The molecular formula is C11H23NO. The van der Waals surface area contributed by atoms with Crippen molar-refractivity contribution < 1.29 is 4.74 Å². The number of ether oxygens (including phenoxy) is 1. The Labute approximate surface area is 82.2 Å². The first-order valence-corrected chi connectivity index (χ1v) is 5.28. The molecule has 0 aromatic rings. The Bertz CT molecular complexity index is 123. The van der Waals surface area contributed by atoms with Crippen molar-refractivity contribution >= 4 is 0 Å². The molecule has 0 atom stereocenters. The molecule has 0 aromatic heterocycles. The maximum atomic E-state index is 5.35. The number of hydrogen-bond donors (Lipinski definition) is 1. The van der Waals surface area contributed by atoms with Crippen LogP contribution in [-0.2, 0) is 4.74 Å². The highest BCUT2D eigenvalue weighted by molar-refractivity contribution is 4.84. The number of rotatable bonds is 9. The van der Waals surface area contributed by atoms with Gasteiger partial charge in [-0.05, 0) is 6.42 Å². The Morgan fingerprint density at radius 1 is 1.15 bits per heavy atom. The van der Waals surface area contributed by atoms with Crippen molar-refractivity contribution in [1.29, 1.82) is 0 Å². The molecule has 0 amide bonds. The smallest absolute Gasteiger partial charge is 0.0854 e. The van der Waals surface area contributed by atoms with E-state index < -0.39 is 0 Å². The summed E-state index contributed by atoms with van der Waals surface area (Å²) in [6.07, 6.45) is 7.79. The molecule has 2 N–H and O–H groups in total. The normalized spacial score (nSPS) is 10.2. The van der Waals surface area contributed by atoms with Gasteiger partial charge in [-0.15, -0.1) is 0 Å². The monoisotopic (exact) mass is 185 g/mol. The maximum Gasteiger partial charge on any atom is 0.0854 e. The fraction of sp³-hybridized carbons (Fsp3) is 0.818. The minimum absolute atomic E-state index is 0.509. The molecule has 0 fully saturated rings. The SMILES string of the molecule is C=C(N)COCCCCCCCC. The molecular weight excluding hydrogens is 162 g/mol. The predicted octanol–water partition coefficient (Wildman–Crippen LogP) is 2.84. The summed E-state index contributed by atoms with van der Waals surface area (Å²) in [7, 11) is 0. The molecule has 78 valence electrons. The molecule has 0 unspecified atom stereocenters. The van der Waals surface area contributed by atoms with E-state index in [1.807, 2.05) is 0 Å². The highest BCUT2D eigenvalue weighted by Crippen LogP contribution is 2.04. The average Bonchev–Trinajstić information content (AvgIpc) is 2.09. The number of nitrogens with two attached hydrogens (primary N) is 1. The Morgan fingerprint density at radius 3 is 2.38 bits per heavy atom. The summed E-state index contributed by atoms with van der Waals surface area (Å²) in [5, 5.41) is 0. The second-order valence-corrected chi connectivity index (χ2v) is 3.48. The third-order valence-electron chi connectivity index (χ3n) is 1.93. The lowest BCUT2D eigenvalue weighted by Crippen LogP contribution is -2.05. The van der Waals surface area contributed by atoms with Crippen LogP contribution < -0.4 is 5.73 Å². The molecule has 0 bridgehead atoms. The highest BCUT2D eigenvalue weighted by atomic mass is 16.5. The van der Waals surface area contributed by atoms with Crippen molar-refractivity contribution in [3.63, 3.8) is 0 Å². The van der Waals surface area contributed by atoms with Crippen LogP contribution in [-0.4, -0.2) is 13.2 Å². The van der Waals surface area contributed by atoms with E-state index in [9.17, 15) is 0 Å². The van der Waals surface area contributed by atoms with E-state index in [-0.39, 0.29) is 0 Å². The van der Waals surface area contributed by atoms with Crippen LogP contribution in [0.1, 0.15) is 45.4 Å². The summed E-state index contributed by atoms with van der Waals surface area (Å²) < 4.78 is 5.28. The Balaban J connectivity index is 2.87. The van der Waals surface area contributed by atoms with Gasteiger partial charge >= 0.3 is 0 Å². The van der Waals surface area contributed by atoms with Crippen LogP contribution in [0.15, 0.2) is 12.3 Å². The first-order chi connectivity index (χ1) is 6.27. The van der Waals surface area contributed by atoms with Crippen molar-refractivity contribution in [2.45, 2.75) is 45.4 Å². The van der Waals surface area contributed by atoms with Crippen LogP contribution in [0.4, 0.5) is 0 Å². The average molecular weight is 185 g/mol. The minimum atomic E-state index is 0.509. The standard InChI is InChI=1S/C11H23NO/c1-3-4-5-6-7-8-9-13-10-11(2)12/h2-10,12H2,1H3. The van der Waals surface area contributed by atoms with Crippen molar-refractivity contribution in [3.8, 4) is 0 Å². The van der Waals surface area contributed by atoms with Gasteiger partial charge in [-0.25, -0.2) is 0 Å². The van der Waals surface area contributed by atoms with E-state index in [1.165, 1.54) is 32.1 Å². The molecule has 0 rings (SSSR count). The van der Waals surface area contributed by atoms with Gasteiger partial charge in [0.2, 0.25) is 0 Å². The van der Waals surface area contributed by atoms with E-state index in [4.69, 9.17) is 10.5 Å². The van der Waals surface area contributed by atoms with E-state index >= 15 is 0 Å². The van der Waals surface area contributed by atoms with Crippen LogP contribution in [0, 0.1) is 0 Å². The summed E-state index contributed by atoms with van der Waals surface area (Å²) in [6.45, 7) is 7.13. The van der Waals surface area contributed by atoms with Gasteiger partial charge in [0.1, 0.15) is 0 Å². The van der Waals surface area contributed by atoms with Gasteiger partial charge < -0.3 is 10.5 Å². The van der Waals surface area contributed by atoms with E-state index in [2.05, 4.69) is 13.5 Å². The zero-order valence-electron chi connectivity index (χ0n) is 8.85. The second-order valence-electron chi connectivity index (χ2n) is 3.48. The topological polar surface area (TPSA) is 35.2 Å². The molecule has 0 radical (unpaired) electrons. The summed E-state index contributed by atoms with van der Waals surface area (Å²) in [6, 6.07) is 0. The van der Waals surface area contributed by atoms with Crippen molar-refractivity contribution in [1.82, 2.24) is 0 Å². The second kappa shape index (κ2) is 9.59. The van der Waals surface area contributed by atoms with Gasteiger partial charge in [-0.2, -0.15) is 0 Å². The summed E-state index contributed by atoms with van der Waals surface area (Å²) >= 11 is 0. The Hall–Kier alpha value is -0.500. The van der Waals surface area contributed by atoms with Gasteiger partial charge in [-0.1, -0.05) is 45.6 Å². The van der Waals surface area contributed by atoms with E-state index in [0.29, 0.717) is 12.3 Å². The van der Waals surface area contributed by atoms with Crippen LogP contribution in [0.5, 0.6) is 0 Å². The number of unbranched alkanes of at least 4 members (excludes halogenated alkanes) is 5. The van der Waals surface area contributed by atoms with Crippen molar-refractivity contribution in [2.24, 2.45) is 5.73 Å². The molecule has 0 spiro atoms. The molecule has 0 saturated heterocycles. The zero-order chi connectivity index (χ0) is 9.94. The van der Waals surface area contributed by atoms with Crippen LogP contribution in [0.25, 0.3) is 0 Å². The molecule has 0 aliphatic rings. The summed E-state index contributed by atoms with van der Waals surface area (Å²) in [5.74, 6) is 0. The zero-order valence-corrected chi connectivity index (χ0v) is 8.85. The first-order valence-electron chi connectivity index (χ1n) is 5.28. The Kier molecular flexibility index (Phi) is 9.22. The molecule has 13 heavy (non-hydrogen) atoms. The van der Waals surface area contributed by atoms with Crippen molar-refractivity contribution in [2.75, 3.05) is 13.2 Å². The van der Waals surface area contributed by atoms with Gasteiger partial charge in [-0.3, -0.25) is 0 Å². The molecule has 0 aromatic carbocycles. The van der Waals surface area contributed by atoms with Crippen LogP contribution in [0.2, 0.25) is 0 Å². The van der Waals surface area contributed by atoms with Gasteiger partial charge in [0, 0.05) is 12.3 Å². The van der Waals surface area contributed by atoms with Crippen LogP contribution >= 0.6 is 0 Å². The van der Waals surface area contributed by atoms with E-state index in [1.54, 1.807) is 0 Å². The third kappa shape index (κ3) is 11.5. The highest BCUT2D eigenvalue weighted by Gasteiger charge is 1.91. The Morgan fingerprint density at radius 2 is 1.77 bits per heavy atom. The van der Waals surface area contributed by atoms with Gasteiger partial charge in [0.25, 0.3) is 0 Å². The lowest BCUT2D eigenvalue weighted by Gasteiger charge is -2.03. The molecule has 0 aliphatic carbocycles. The van der Waals surface area contributed by atoms with E-state index in [0.717, 1.165) is 13.0 Å². The minimum Gasteiger partial charge on any atom is -0.401 e. The molecule has 0 saturated carbocycles. The van der Waals surface area contributed by atoms with Gasteiger partial charge in [0.05, 0.1) is 6.61 Å². The summed E-state index contributed by atoms with van der Waals surface area (Å²) in [5.41, 5.74) is 5.97. The lowest BCUT2D eigenvalue weighted by molar-refractivity contribution is 0.150. The predicted molar refractivity (Wildman–Crippen MR) is 57.5 cm³/mol. The van der Waals surface area contributed by atoms with Gasteiger partial charge in [0.15, 0.2) is 0 Å². The fourth-order valence-electron chi connectivity index (χ4n) is 1.19. The molecule has 2 nitrogen and oxygen atoms in total.